The maximum absolute atomic E-state index is 12.0. The number of ether oxygens (including phenoxy) is 1. The lowest BCUT2D eigenvalue weighted by molar-refractivity contribution is 0.0679. The number of benzene rings is 1. The summed E-state index contributed by atoms with van der Waals surface area (Å²) in [5.74, 6) is -1.62. The lowest BCUT2D eigenvalue weighted by atomic mass is 10.1. The molecule has 19 heavy (non-hydrogen) atoms. The SMILES string of the molecule is Cc1cccc2c1c(O)c(C(=O)OC#N)c(=O)n2C. The van der Waals surface area contributed by atoms with Crippen LogP contribution >= 0.6 is 0 Å². The zero-order valence-electron chi connectivity index (χ0n) is 10.3. The number of aromatic hydroxyl groups is 1. The summed E-state index contributed by atoms with van der Waals surface area (Å²) in [5, 5.41) is 18.8. The first-order valence-electron chi connectivity index (χ1n) is 5.40. The number of aryl methyl sites for hydroxylation is 2. The third-order valence-corrected chi connectivity index (χ3v) is 2.95. The van der Waals surface area contributed by atoms with E-state index in [1.807, 2.05) is 0 Å². The summed E-state index contributed by atoms with van der Waals surface area (Å²) in [6, 6.07) is 5.14. The van der Waals surface area contributed by atoms with Crippen LogP contribution in [0.4, 0.5) is 0 Å². The van der Waals surface area contributed by atoms with Crippen molar-refractivity contribution in [2.45, 2.75) is 6.92 Å². The summed E-state index contributed by atoms with van der Waals surface area (Å²) in [4.78, 5) is 23.6. The second-order valence-electron chi connectivity index (χ2n) is 4.04. The molecule has 1 aromatic carbocycles. The van der Waals surface area contributed by atoms with E-state index >= 15 is 0 Å². The van der Waals surface area contributed by atoms with Crippen LogP contribution < -0.4 is 5.56 Å². The Balaban J connectivity index is 2.96. The molecule has 6 nitrogen and oxygen atoms in total. The Kier molecular flexibility index (Phi) is 2.97. The second-order valence-corrected chi connectivity index (χ2v) is 4.04. The number of hydrogen-bond donors (Lipinski definition) is 1. The average Bonchev–Trinajstić information content (AvgIpc) is 2.36. The maximum atomic E-state index is 12.0. The van der Waals surface area contributed by atoms with Crippen LogP contribution in [0.2, 0.25) is 0 Å². The fourth-order valence-corrected chi connectivity index (χ4v) is 2.02. The third kappa shape index (κ3) is 1.81. The molecule has 0 radical (unpaired) electrons. The second kappa shape index (κ2) is 4.46. The smallest absolute Gasteiger partial charge is 0.362 e. The fourth-order valence-electron chi connectivity index (χ4n) is 2.02. The van der Waals surface area contributed by atoms with E-state index in [-0.39, 0.29) is 0 Å². The van der Waals surface area contributed by atoms with Gasteiger partial charge in [-0.3, -0.25) is 4.79 Å². The maximum Gasteiger partial charge on any atom is 0.362 e. The minimum Gasteiger partial charge on any atom is -0.506 e. The lowest BCUT2D eigenvalue weighted by Gasteiger charge is -2.11. The van der Waals surface area contributed by atoms with E-state index in [0.717, 1.165) is 0 Å². The van der Waals surface area contributed by atoms with E-state index < -0.39 is 22.8 Å². The van der Waals surface area contributed by atoms with Crippen LogP contribution in [-0.2, 0) is 11.8 Å². The predicted octanol–water partition coefficient (Wildman–Crippen LogP) is 1.19. The Morgan fingerprint density at radius 3 is 2.79 bits per heavy atom. The average molecular weight is 258 g/mol. The number of pyridine rings is 1. The van der Waals surface area contributed by atoms with Gasteiger partial charge in [0.05, 0.1) is 5.52 Å². The molecular weight excluding hydrogens is 248 g/mol. The molecule has 0 aliphatic carbocycles. The summed E-state index contributed by atoms with van der Waals surface area (Å²) in [5.41, 5.74) is -0.0469. The Labute approximate surface area is 108 Å². The molecule has 1 N–H and O–H groups in total. The van der Waals surface area contributed by atoms with Gasteiger partial charge in [-0.2, -0.15) is 0 Å². The quantitative estimate of drug-likeness (QED) is 0.612. The van der Waals surface area contributed by atoms with E-state index in [1.165, 1.54) is 17.9 Å². The fraction of sp³-hybridized carbons (Fsp3) is 0.154. The molecule has 6 heteroatoms. The number of aromatic nitrogens is 1. The summed E-state index contributed by atoms with van der Waals surface area (Å²) in [7, 11) is 1.48. The van der Waals surface area contributed by atoms with Gasteiger partial charge in [0.25, 0.3) is 11.8 Å². The molecule has 1 aromatic heterocycles. The van der Waals surface area contributed by atoms with E-state index in [2.05, 4.69) is 4.74 Å². The molecule has 2 aromatic rings. The van der Waals surface area contributed by atoms with Crippen LogP contribution in [0.5, 0.6) is 5.75 Å². The first-order chi connectivity index (χ1) is 8.99. The van der Waals surface area contributed by atoms with Crippen molar-refractivity contribution in [2.75, 3.05) is 0 Å². The zero-order chi connectivity index (χ0) is 14.2. The molecule has 0 spiro atoms. The van der Waals surface area contributed by atoms with Gasteiger partial charge in [0.2, 0.25) is 0 Å². The molecule has 0 unspecified atom stereocenters. The number of carbonyl (C=O) groups is 1. The van der Waals surface area contributed by atoms with Crippen molar-refractivity contribution in [3.8, 4) is 12.0 Å². The highest BCUT2D eigenvalue weighted by molar-refractivity contribution is 6.00. The van der Waals surface area contributed by atoms with Crippen molar-refractivity contribution in [1.29, 1.82) is 5.26 Å². The van der Waals surface area contributed by atoms with Gasteiger partial charge in [0.15, 0.2) is 5.56 Å². The van der Waals surface area contributed by atoms with E-state index in [0.29, 0.717) is 16.5 Å². The van der Waals surface area contributed by atoms with Gasteiger partial charge in [-0.25, -0.2) is 4.79 Å². The number of rotatable bonds is 1. The van der Waals surface area contributed by atoms with E-state index in [4.69, 9.17) is 5.26 Å². The van der Waals surface area contributed by atoms with Crippen molar-refractivity contribution < 1.29 is 14.6 Å². The van der Waals surface area contributed by atoms with Crippen molar-refractivity contribution in [2.24, 2.45) is 7.05 Å². The monoisotopic (exact) mass is 258 g/mol. The van der Waals surface area contributed by atoms with Gasteiger partial charge >= 0.3 is 5.97 Å². The summed E-state index contributed by atoms with van der Waals surface area (Å²) in [6.07, 6.45) is 1.19. The molecule has 2 rings (SSSR count). The molecule has 0 fully saturated rings. The van der Waals surface area contributed by atoms with Crippen LogP contribution in [0.25, 0.3) is 10.9 Å². The highest BCUT2D eigenvalue weighted by atomic mass is 16.5. The standard InChI is InChI=1S/C13H10N2O4/c1-7-4-3-5-8-9(7)11(16)10(12(17)15(8)2)13(18)19-6-14/h3-5,16H,1-2H3. The highest BCUT2D eigenvalue weighted by Crippen LogP contribution is 2.29. The van der Waals surface area contributed by atoms with Crippen molar-refractivity contribution >= 4 is 16.9 Å². The topological polar surface area (TPSA) is 92.3 Å². The van der Waals surface area contributed by atoms with Crippen molar-refractivity contribution in [3.63, 3.8) is 0 Å². The van der Waals surface area contributed by atoms with Gasteiger partial charge in [-0.1, -0.05) is 12.1 Å². The molecule has 0 saturated carbocycles. The van der Waals surface area contributed by atoms with Crippen molar-refractivity contribution in [1.82, 2.24) is 4.57 Å². The van der Waals surface area contributed by atoms with Crippen LogP contribution in [0.3, 0.4) is 0 Å². The number of hydrogen-bond acceptors (Lipinski definition) is 5. The molecule has 0 aliphatic heterocycles. The van der Waals surface area contributed by atoms with Crippen LogP contribution in [0.15, 0.2) is 23.0 Å². The molecule has 0 saturated heterocycles. The number of fused-ring (bicyclic) bond motifs is 1. The van der Waals surface area contributed by atoms with E-state index in [9.17, 15) is 14.7 Å². The Bertz CT molecular complexity index is 784. The van der Waals surface area contributed by atoms with Crippen LogP contribution in [0.1, 0.15) is 15.9 Å². The van der Waals surface area contributed by atoms with Crippen LogP contribution in [-0.4, -0.2) is 15.6 Å². The first-order valence-corrected chi connectivity index (χ1v) is 5.40. The lowest BCUT2D eigenvalue weighted by Crippen LogP contribution is -2.25. The largest absolute Gasteiger partial charge is 0.506 e. The molecule has 0 aliphatic rings. The van der Waals surface area contributed by atoms with Crippen molar-refractivity contribution in [3.05, 3.63) is 39.7 Å². The molecule has 96 valence electrons. The molecule has 1 heterocycles. The minimum absolute atomic E-state index is 0.384. The number of carbonyl (C=O) groups excluding carboxylic acids is 1. The molecule has 0 atom stereocenters. The van der Waals surface area contributed by atoms with Gasteiger partial charge < -0.3 is 14.4 Å². The number of esters is 1. The highest BCUT2D eigenvalue weighted by Gasteiger charge is 2.23. The van der Waals surface area contributed by atoms with Gasteiger partial charge in [-0.05, 0) is 18.6 Å². The third-order valence-electron chi connectivity index (χ3n) is 2.95. The summed E-state index contributed by atoms with van der Waals surface area (Å²) in [6.45, 7) is 1.74. The first kappa shape index (κ1) is 12.6. The summed E-state index contributed by atoms with van der Waals surface area (Å²) >= 11 is 0. The molecule has 0 bridgehead atoms. The molecular formula is C13H10N2O4. The summed E-state index contributed by atoms with van der Waals surface area (Å²) < 4.78 is 5.36. The molecule has 0 amide bonds. The predicted molar refractivity (Wildman–Crippen MR) is 66.6 cm³/mol. The number of nitriles is 1. The Hall–Kier alpha value is -2.81. The number of nitrogens with zero attached hydrogens (tertiary/aromatic N) is 2. The zero-order valence-corrected chi connectivity index (χ0v) is 10.3. The van der Waals surface area contributed by atoms with Gasteiger partial charge in [-0.15, -0.1) is 5.26 Å². The van der Waals surface area contributed by atoms with Gasteiger partial charge in [0, 0.05) is 12.4 Å². The van der Waals surface area contributed by atoms with E-state index in [1.54, 1.807) is 25.1 Å². The Morgan fingerprint density at radius 2 is 2.16 bits per heavy atom. The van der Waals surface area contributed by atoms with Crippen LogP contribution in [0, 0.1) is 18.4 Å². The van der Waals surface area contributed by atoms with Gasteiger partial charge in [0.1, 0.15) is 5.75 Å². The Morgan fingerprint density at radius 1 is 1.47 bits per heavy atom. The normalized spacial score (nSPS) is 10.2. The minimum atomic E-state index is -1.16.